The largest absolute Gasteiger partial charge is 0.495 e. The second-order valence-corrected chi connectivity index (χ2v) is 6.70. The Morgan fingerprint density at radius 2 is 1.89 bits per heavy atom. The zero-order valence-electron chi connectivity index (χ0n) is 11.4. The Hall–Kier alpha value is -0.0600. The molecule has 1 rings (SSSR count). The molecule has 0 aliphatic carbocycles. The van der Waals surface area contributed by atoms with E-state index in [1.165, 1.54) is 0 Å². The van der Waals surface area contributed by atoms with Crippen molar-refractivity contribution in [3.63, 3.8) is 0 Å². The average molecular weight is 379 g/mol. The first-order valence-electron chi connectivity index (χ1n) is 6.18. The van der Waals surface area contributed by atoms with Gasteiger partial charge < -0.3 is 10.1 Å². The number of hydrogen-bond donors (Lipinski definition) is 1. The summed E-state index contributed by atoms with van der Waals surface area (Å²) in [6.45, 7) is 8.61. The van der Waals surface area contributed by atoms with Crippen LogP contribution in [0.15, 0.2) is 21.1 Å². The first-order valence-corrected chi connectivity index (χ1v) is 7.77. The van der Waals surface area contributed by atoms with E-state index in [4.69, 9.17) is 4.74 Å². The van der Waals surface area contributed by atoms with Gasteiger partial charge in [0.1, 0.15) is 5.75 Å². The summed E-state index contributed by atoms with van der Waals surface area (Å²) in [7, 11) is 1.70. The molecule has 1 atom stereocenters. The number of halogens is 2. The van der Waals surface area contributed by atoms with Gasteiger partial charge in [0.15, 0.2) is 0 Å². The molecule has 0 heterocycles. The molecule has 0 aliphatic heterocycles. The van der Waals surface area contributed by atoms with E-state index in [1.54, 1.807) is 7.11 Å². The Morgan fingerprint density at radius 3 is 2.44 bits per heavy atom. The van der Waals surface area contributed by atoms with Crippen LogP contribution < -0.4 is 10.1 Å². The van der Waals surface area contributed by atoms with Gasteiger partial charge in [0.2, 0.25) is 0 Å². The van der Waals surface area contributed by atoms with Gasteiger partial charge in [-0.05, 0) is 46.4 Å². The second-order valence-electron chi connectivity index (χ2n) is 4.93. The smallest absolute Gasteiger partial charge is 0.137 e. The third-order valence-corrected chi connectivity index (χ3v) is 4.26. The summed E-state index contributed by atoms with van der Waals surface area (Å²) in [5, 5.41) is 3.49. The Labute approximate surface area is 127 Å². The van der Waals surface area contributed by atoms with Crippen molar-refractivity contribution in [1.82, 2.24) is 5.32 Å². The molecule has 0 aromatic heterocycles. The molecule has 1 aromatic carbocycles. The van der Waals surface area contributed by atoms with Gasteiger partial charge in [-0.3, -0.25) is 0 Å². The highest BCUT2D eigenvalue weighted by Crippen LogP contribution is 2.32. The molecule has 0 bridgehead atoms. The highest BCUT2D eigenvalue weighted by molar-refractivity contribution is 9.11. The molecule has 0 saturated carbocycles. The van der Waals surface area contributed by atoms with Gasteiger partial charge in [0, 0.05) is 16.6 Å². The van der Waals surface area contributed by atoms with Crippen LogP contribution in [0.5, 0.6) is 5.75 Å². The van der Waals surface area contributed by atoms with Gasteiger partial charge in [-0.2, -0.15) is 0 Å². The molecule has 0 spiro atoms. The van der Waals surface area contributed by atoms with Crippen LogP contribution in [0.25, 0.3) is 0 Å². The predicted octanol–water partition coefficient (Wildman–Crippen LogP) is 4.60. The lowest BCUT2D eigenvalue weighted by atomic mass is 9.98. The normalized spacial score (nSPS) is 12.8. The van der Waals surface area contributed by atoms with Crippen LogP contribution in [0.4, 0.5) is 0 Å². The molecule has 1 unspecified atom stereocenters. The van der Waals surface area contributed by atoms with E-state index in [0.717, 1.165) is 33.3 Å². The van der Waals surface area contributed by atoms with Crippen LogP contribution >= 0.6 is 31.9 Å². The van der Waals surface area contributed by atoms with E-state index in [9.17, 15) is 0 Å². The monoisotopic (exact) mass is 377 g/mol. The Balaban J connectivity index is 2.67. The number of methoxy groups -OCH3 is 1. The Morgan fingerprint density at radius 1 is 1.22 bits per heavy atom. The molecule has 0 fully saturated rings. The zero-order valence-corrected chi connectivity index (χ0v) is 14.6. The van der Waals surface area contributed by atoms with Gasteiger partial charge in [-0.25, -0.2) is 0 Å². The molecule has 0 radical (unpaired) electrons. The fraction of sp³-hybridized carbons (Fsp3) is 0.571. The van der Waals surface area contributed by atoms with Crippen LogP contribution in [0.3, 0.4) is 0 Å². The fourth-order valence-corrected chi connectivity index (χ4v) is 3.12. The van der Waals surface area contributed by atoms with Gasteiger partial charge in [-0.1, -0.05) is 36.7 Å². The molecule has 102 valence electrons. The minimum absolute atomic E-state index is 0.673. The van der Waals surface area contributed by atoms with E-state index in [1.807, 2.05) is 6.07 Å². The summed E-state index contributed by atoms with van der Waals surface area (Å²) >= 11 is 7.03. The van der Waals surface area contributed by atoms with Crippen LogP contribution in [0, 0.1) is 11.8 Å². The molecule has 4 heteroatoms. The van der Waals surface area contributed by atoms with Gasteiger partial charge >= 0.3 is 0 Å². The van der Waals surface area contributed by atoms with Crippen LogP contribution in [-0.4, -0.2) is 13.7 Å². The SMILES string of the molecule is COc1c(Br)cc(Br)cc1CNCC(C)C(C)C. The van der Waals surface area contributed by atoms with Crippen molar-refractivity contribution in [2.75, 3.05) is 13.7 Å². The molecule has 0 amide bonds. The van der Waals surface area contributed by atoms with Gasteiger partial charge in [0.05, 0.1) is 11.6 Å². The summed E-state index contributed by atoms with van der Waals surface area (Å²) in [5.41, 5.74) is 1.16. The lowest BCUT2D eigenvalue weighted by Crippen LogP contribution is -2.24. The van der Waals surface area contributed by atoms with Crippen molar-refractivity contribution < 1.29 is 4.74 Å². The minimum atomic E-state index is 0.673. The molecule has 18 heavy (non-hydrogen) atoms. The van der Waals surface area contributed by atoms with E-state index < -0.39 is 0 Å². The Kier molecular flexibility index (Phi) is 6.67. The van der Waals surface area contributed by atoms with Crippen molar-refractivity contribution >= 4 is 31.9 Å². The zero-order chi connectivity index (χ0) is 13.7. The second kappa shape index (κ2) is 7.51. The third-order valence-electron chi connectivity index (χ3n) is 3.21. The first kappa shape index (κ1) is 16.0. The standard InChI is InChI=1S/C14H21Br2NO/c1-9(2)10(3)7-17-8-11-5-12(15)6-13(16)14(11)18-4/h5-6,9-10,17H,7-8H2,1-4H3. The van der Waals surface area contributed by atoms with E-state index in [2.05, 4.69) is 64.0 Å². The van der Waals surface area contributed by atoms with Crippen molar-refractivity contribution in [1.29, 1.82) is 0 Å². The summed E-state index contributed by atoms with van der Waals surface area (Å²) in [5.74, 6) is 2.28. The van der Waals surface area contributed by atoms with Crippen LogP contribution in [0.1, 0.15) is 26.3 Å². The molecule has 2 nitrogen and oxygen atoms in total. The van der Waals surface area contributed by atoms with Crippen molar-refractivity contribution in [3.05, 3.63) is 26.6 Å². The molecule has 0 saturated heterocycles. The fourth-order valence-electron chi connectivity index (χ4n) is 1.64. The number of ether oxygens (including phenoxy) is 1. The molecule has 1 aromatic rings. The molecular weight excluding hydrogens is 358 g/mol. The van der Waals surface area contributed by atoms with Crippen LogP contribution in [-0.2, 0) is 6.54 Å². The van der Waals surface area contributed by atoms with Crippen molar-refractivity contribution in [2.24, 2.45) is 11.8 Å². The first-order chi connectivity index (χ1) is 8.45. The van der Waals surface area contributed by atoms with E-state index in [-0.39, 0.29) is 0 Å². The number of benzene rings is 1. The van der Waals surface area contributed by atoms with Gasteiger partial charge in [-0.15, -0.1) is 0 Å². The highest BCUT2D eigenvalue weighted by Gasteiger charge is 2.10. The lowest BCUT2D eigenvalue weighted by Gasteiger charge is -2.17. The lowest BCUT2D eigenvalue weighted by molar-refractivity contribution is 0.383. The van der Waals surface area contributed by atoms with Gasteiger partial charge in [0.25, 0.3) is 0 Å². The van der Waals surface area contributed by atoms with E-state index in [0.29, 0.717) is 11.8 Å². The summed E-state index contributed by atoms with van der Waals surface area (Å²) in [6, 6.07) is 4.09. The number of rotatable bonds is 6. The maximum absolute atomic E-state index is 5.43. The number of nitrogens with one attached hydrogen (secondary N) is 1. The average Bonchev–Trinajstić information content (AvgIpc) is 2.28. The quantitative estimate of drug-likeness (QED) is 0.780. The van der Waals surface area contributed by atoms with Crippen LogP contribution in [0.2, 0.25) is 0 Å². The topological polar surface area (TPSA) is 21.3 Å². The molecule has 1 N–H and O–H groups in total. The predicted molar refractivity (Wildman–Crippen MR) is 84.1 cm³/mol. The molecule has 0 aliphatic rings. The summed E-state index contributed by atoms with van der Waals surface area (Å²) in [6.07, 6.45) is 0. The van der Waals surface area contributed by atoms with Crippen molar-refractivity contribution in [3.8, 4) is 5.75 Å². The summed E-state index contributed by atoms with van der Waals surface area (Å²) in [4.78, 5) is 0. The highest BCUT2D eigenvalue weighted by atomic mass is 79.9. The maximum atomic E-state index is 5.43. The summed E-state index contributed by atoms with van der Waals surface area (Å²) < 4.78 is 7.47. The Bertz CT molecular complexity index is 394. The molecular formula is C14H21Br2NO. The number of hydrogen-bond acceptors (Lipinski definition) is 2. The third kappa shape index (κ3) is 4.56. The maximum Gasteiger partial charge on any atom is 0.137 e. The van der Waals surface area contributed by atoms with Crippen molar-refractivity contribution in [2.45, 2.75) is 27.3 Å². The van der Waals surface area contributed by atoms with E-state index >= 15 is 0 Å². The minimum Gasteiger partial charge on any atom is -0.495 e.